The van der Waals surface area contributed by atoms with E-state index in [-0.39, 0.29) is 17.6 Å². The van der Waals surface area contributed by atoms with Gasteiger partial charge >= 0.3 is 0 Å². The van der Waals surface area contributed by atoms with E-state index in [0.717, 1.165) is 16.6 Å². The molecule has 0 atom stereocenters. The van der Waals surface area contributed by atoms with Crippen LogP contribution in [0.5, 0.6) is 0 Å². The van der Waals surface area contributed by atoms with Crippen LogP contribution in [0.15, 0.2) is 36.4 Å². The number of para-hydroxylation sites is 1. The molecular formula is C11H12ClN3S. The van der Waals surface area contributed by atoms with Gasteiger partial charge in [0.1, 0.15) is 0 Å². The zero-order valence-corrected chi connectivity index (χ0v) is 10.1. The highest BCUT2D eigenvalue weighted by atomic mass is 35.5. The summed E-state index contributed by atoms with van der Waals surface area (Å²) in [5.41, 5.74) is 7.21. The van der Waals surface area contributed by atoms with E-state index >= 15 is 0 Å². The second kappa shape index (κ2) is 5.72. The molecule has 2 rings (SSSR count). The highest BCUT2D eigenvalue weighted by Crippen LogP contribution is 2.15. The van der Waals surface area contributed by atoms with E-state index in [2.05, 4.69) is 4.98 Å². The van der Waals surface area contributed by atoms with Gasteiger partial charge in [-0.2, -0.15) is 0 Å². The third-order valence-electron chi connectivity index (χ3n) is 2.03. The lowest BCUT2D eigenvalue weighted by molar-refractivity contribution is 1.23. The average Bonchev–Trinajstić information content (AvgIpc) is 2.26. The van der Waals surface area contributed by atoms with Crippen molar-refractivity contribution in [2.24, 2.45) is 5.73 Å². The van der Waals surface area contributed by atoms with E-state index in [1.807, 2.05) is 36.4 Å². The molecule has 0 unspecified atom stereocenters. The monoisotopic (exact) mass is 253 g/mol. The maximum Gasteiger partial charge on any atom is 0.151 e. The number of halogens is 1. The summed E-state index contributed by atoms with van der Waals surface area (Å²) in [4.78, 5) is 4.47. The summed E-state index contributed by atoms with van der Waals surface area (Å²) >= 11 is 1.29. The van der Waals surface area contributed by atoms with Crippen LogP contribution in [0.25, 0.3) is 10.9 Å². The fraction of sp³-hybridized carbons (Fsp3) is 0.0909. The summed E-state index contributed by atoms with van der Waals surface area (Å²) in [6.45, 7) is 0. The lowest BCUT2D eigenvalue weighted by Gasteiger charge is -2.01. The van der Waals surface area contributed by atoms with Gasteiger partial charge in [0.25, 0.3) is 0 Å². The molecule has 0 bridgehead atoms. The summed E-state index contributed by atoms with van der Waals surface area (Å²) in [6, 6.07) is 12.0. The molecule has 0 saturated heterocycles. The van der Waals surface area contributed by atoms with Gasteiger partial charge in [-0.15, -0.1) is 12.4 Å². The van der Waals surface area contributed by atoms with Crippen molar-refractivity contribution in [3.63, 3.8) is 0 Å². The van der Waals surface area contributed by atoms with Gasteiger partial charge in [0, 0.05) is 11.1 Å². The Bertz CT molecular complexity index is 501. The standard InChI is InChI=1S/C11H11N3S.ClH/c12-11(13)15-7-9-6-5-8-3-1-2-4-10(8)14-9;/h1-6H,7H2,(H3,12,13);1H. The number of hydrogen-bond acceptors (Lipinski definition) is 3. The maximum absolute atomic E-state index is 7.12. The maximum atomic E-state index is 7.12. The van der Waals surface area contributed by atoms with Crippen molar-refractivity contribution in [3.8, 4) is 0 Å². The first-order valence-electron chi connectivity index (χ1n) is 4.57. The molecule has 0 aliphatic heterocycles. The van der Waals surface area contributed by atoms with E-state index in [1.165, 1.54) is 11.8 Å². The number of amidine groups is 1. The van der Waals surface area contributed by atoms with Crippen LogP contribution in [0.3, 0.4) is 0 Å². The second-order valence-electron chi connectivity index (χ2n) is 3.15. The molecule has 0 radical (unpaired) electrons. The van der Waals surface area contributed by atoms with Gasteiger partial charge in [-0.25, -0.2) is 0 Å². The van der Waals surface area contributed by atoms with E-state index in [0.29, 0.717) is 5.75 Å². The smallest absolute Gasteiger partial charge is 0.151 e. The molecule has 1 aromatic heterocycles. The molecule has 3 N–H and O–H groups in total. The van der Waals surface area contributed by atoms with Crippen LogP contribution >= 0.6 is 24.2 Å². The van der Waals surface area contributed by atoms with E-state index in [9.17, 15) is 0 Å². The Hall–Kier alpha value is -1.26. The van der Waals surface area contributed by atoms with Crippen molar-refractivity contribution in [1.82, 2.24) is 4.98 Å². The zero-order valence-electron chi connectivity index (χ0n) is 8.51. The van der Waals surface area contributed by atoms with Gasteiger partial charge in [-0.05, 0) is 12.1 Å². The lowest BCUT2D eigenvalue weighted by Crippen LogP contribution is -2.04. The van der Waals surface area contributed by atoms with Crippen molar-refractivity contribution in [2.75, 3.05) is 0 Å². The second-order valence-corrected chi connectivity index (χ2v) is 4.17. The molecular weight excluding hydrogens is 242 g/mol. The SMILES string of the molecule is Cl.N=C(N)SCc1ccc2ccccc2n1. The molecule has 0 aliphatic carbocycles. The predicted octanol–water partition coefficient (Wildman–Crippen LogP) is 2.78. The molecule has 0 saturated carbocycles. The Kier molecular flexibility index (Phi) is 4.58. The van der Waals surface area contributed by atoms with E-state index < -0.39 is 0 Å². The number of benzene rings is 1. The number of thioether (sulfide) groups is 1. The third kappa shape index (κ3) is 3.12. The summed E-state index contributed by atoms with van der Waals surface area (Å²) in [5, 5.41) is 8.38. The molecule has 2 aromatic rings. The normalized spacial score (nSPS) is 9.75. The van der Waals surface area contributed by atoms with Crippen LogP contribution in [0, 0.1) is 5.41 Å². The minimum atomic E-state index is 0. The molecule has 3 nitrogen and oxygen atoms in total. The Morgan fingerprint density at radius 3 is 2.75 bits per heavy atom. The van der Waals surface area contributed by atoms with Gasteiger partial charge < -0.3 is 5.73 Å². The minimum Gasteiger partial charge on any atom is -0.379 e. The van der Waals surface area contributed by atoms with Crippen LogP contribution in [0.1, 0.15) is 5.69 Å². The number of nitrogens with two attached hydrogens (primary N) is 1. The number of hydrogen-bond donors (Lipinski definition) is 2. The van der Waals surface area contributed by atoms with Gasteiger partial charge in [-0.3, -0.25) is 10.4 Å². The number of nitrogens with zero attached hydrogens (tertiary/aromatic N) is 1. The van der Waals surface area contributed by atoms with Crippen LogP contribution < -0.4 is 5.73 Å². The molecule has 0 amide bonds. The number of pyridine rings is 1. The minimum absolute atomic E-state index is 0. The van der Waals surface area contributed by atoms with E-state index in [1.54, 1.807) is 0 Å². The van der Waals surface area contributed by atoms with Crippen molar-refractivity contribution in [1.29, 1.82) is 5.41 Å². The highest BCUT2D eigenvalue weighted by molar-refractivity contribution is 8.13. The van der Waals surface area contributed by atoms with Gasteiger partial charge in [-0.1, -0.05) is 36.0 Å². The van der Waals surface area contributed by atoms with Crippen LogP contribution in [0.4, 0.5) is 0 Å². The zero-order chi connectivity index (χ0) is 10.7. The van der Waals surface area contributed by atoms with Crippen LogP contribution in [0.2, 0.25) is 0 Å². The molecule has 0 fully saturated rings. The Labute approximate surface area is 104 Å². The largest absolute Gasteiger partial charge is 0.379 e. The molecule has 1 heterocycles. The molecule has 16 heavy (non-hydrogen) atoms. The lowest BCUT2D eigenvalue weighted by atomic mass is 10.2. The summed E-state index contributed by atoms with van der Waals surface area (Å²) in [5.74, 6) is 0.653. The molecule has 1 aromatic carbocycles. The number of aromatic nitrogens is 1. The Balaban J connectivity index is 0.00000128. The summed E-state index contributed by atoms with van der Waals surface area (Å²) in [7, 11) is 0. The topological polar surface area (TPSA) is 62.8 Å². The van der Waals surface area contributed by atoms with Crippen molar-refractivity contribution in [3.05, 3.63) is 42.1 Å². The summed E-state index contributed by atoms with van der Waals surface area (Å²) < 4.78 is 0. The summed E-state index contributed by atoms with van der Waals surface area (Å²) in [6.07, 6.45) is 0. The van der Waals surface area contributed by atoms with Crippen molar-refractivity contribution >= 4 is 40.2 Å². The van der Waals surface area contributed by atoms with Gasteiger partial charge in [0.2, 0.25) is 0 Å². The fourth-order valence-electron chi connectivity index (χ4n) is 1.34. The van der Waals surface area contributed by atoms with Gasteiger partial charge in [0.05, 0.1) is 11.2 Å². The Morgan fingerprint density at radius 2 is 2.00 bits per heavy atom. The quantitative estimate of drug-likeness (QED) is 0.639. The average molecular weight is 254 g/mol. The third-order valence-corrected chi connectivity index (χ3v) is 2.78. The first-order valence-corrected chi connectivity index (χ1v) is 5.56. The van der Waals surface area contributed by atoms with E-state index in [4.69, 9.17) is 11.1 Å². The first-order chi connectivity index (χ1) is 7.25. The Morgan fingerprint density at radius 1 is 1.25 bits per heavy atom. The molecule has 84 valence electrons. The van der Waals surface area contributed by atoms with Crippen LogP contribution in [-0.4, -0.2) is 10.2 Å². The van der Waals surface area contributed by atoms with Crippen LogP contribution in [-0.2, 0) is 5.75 Å². The fourth-order valence-corrected chi connectivity index (χ4v) is 1.80. The highest BCUT2D eigenvalue weighted by Gasteiger charge is 1.99. The van der Waals surface area contributed by atoms with Crippen molar-refractivity contribution < 1.29 is 0 Å². The number of fused-ring (bicyclic) bond motifs is 1. The van der Waals surface area contributed by atoms with Gasteiger partial charge in [0.15, 0.2) is 5.17 Å². The number of nitrogens with one attached hydrogen (secondary N) is 1. The molecule has 5 heteroatoms. The van der Waals surface area contributed by atoms with Crippen molar-refractivity contribution in [2.45, 2.75) is 5.75 Å². The number of rotatable bonds is 2. The predicted molar refractivity (Wildman–Crippen MR) is 72.2 cm³/mol. The molecule has 0 spiro atoms. The molecule has 0 aliphatic rings. The first kappa shape index (κ1) is 12.8.